The number of halogens is 2. The van der Waals surface area contributed by atoms with E-state index in [4.69, 9.17) is 32.4 Å². The smallest absolute Gasteiger partial charge is 0.276 e. The Morgan fingerprint density at radius 3 is 2.54 bits per heavy atom. The van der Waals surface area contributed by atoms with Crippen LogP contribution in [0.15, 0.2) is 69.0 Å². The van der Waals surface area contributed by atoms with Crippen molar-refractivity contribution in [1.29, 1.82) is 0 Å². The van der Waals surface area contributed by atoms with Gasteiger partial charge >= 0.3 is 0 Å². The molecule has 0 bridgehead atoms. The Morgan fingerprint density at radius 1 is 1.07 bits per heavy atom. The summed E-state index contributed by atoms with van der Waals surface area (Å²) < 4.78 is 35.4. The van der Waals surface area contributed by atoms with Crippen molar-refractivity contribution < 1.29 is 17.6 Å². The van der Waals surface area contributed by atoms with E-state index >= 15 is 0 Å². The molecular weight excluding hydrogens is 423 g/mol. The fourth-order valence-electron chi connectivity index (χ4n) is 2.19. The Labute approximate surface area is 172 Å². The van der Waals surface area contributed by atoms with Crippen LogP contribution >= 0.6 is 23.2 Å². The molecule has 9 heteroatoms. The van der Waals surface area contributed by atoms with Crippen LogP contribution in [-0.4, -0.2) is 14.6 Å². The molecule has 3 aromatic rings. The van der Waals surface area contributed by atoms with Crippen molar-refractivity contribution in [3.05, 3.63) is 81.7 Å². The molecule has 0 saturated carbocycles. The fourth-order valence-corrected chi connectivity index (χ4v) is 3.27. The number of nitrogens with one attached hydrogen (secondary N) is 1. The fraction of sp³-hybridized carbons (Fsp3) is 0.105. The van der Waals surface area contributed by atoms with Crippen molar-refractivity contribution in [1.82, 2.24) is 4.83 Å². The normalized spacial score (nSPS) is 11.7. The third-order valence-corrected chi connectivity index (χ3v) is 5.63. The summed E-state index contributed by atoms with van der Waals surface area (Å²) >= 11 is 11.8. The van der Waals surface area contributed by atoms with E-state index in [1.807, 2.05) is 6.92 Å². The van der Waals surface area contributed by atoms with Crippen molar-refractivity contribution in [2.24, 2.45) is 5.10 Å². The quantitative estimate of drug-likeness (QED) is 0.424. The van der Waals surface area contributed by atoms with E-state index < -0.39 is 10.0 Å². The summed E-state index contributed by atoms with van der Waals surface area (Å²) in [5, 5.41) is 4.57. The summed E-state index contributed by atoms with van der Waals surface area (Å²) in [4.78, 5) is 2.28. The van der Waals surface area contributed by atoms with Gasteiger partial charge in [-0.1, -0.05) is 40.9 Å². The zero-order chi connectivity index (χ0) is 20.1. The third-order valence-electron chi connectivity index (χ3n) is 3.65. The number of hydrogen-bond donors (Lipinski definition) is 1. The SMILES string of the molecule is Cc1ccc(S(=O)(=O)NN=Cc2ccc(COc3ccc(Cl)c(Cl)c3)o2)cc1. The molecule has 0 amide bonds. The van der Waals surface area contributed by atoms with E-state index in [0.29, 0.717) is 27.3 Å². The van der Waals surface area contributed by atoms with Crippen LogP contribution in [0.25, 0.3) is 0 Å². The number of aryl methyl sites for hydroxylation is 1. The van der Waals surface area contributed by atoms with E-state index in [1.165, 1.54) is 18.3 Å². The van der Waals surface area contributed by atoms with Gasteiger partial charge in [-0.25, -0.2) is 0 Å². The predicted molar refractivity (Wildman–Crippen MR) is 109 cm³/mol. The van der Waals surface area contributed by atoms with Crippen LogP contribution < -0.4 is 9.57 Å². The van der Waals surface area contributed by atoms with Crippen molar-refractivity contribution in [3.8, 4) is 5.75 Å². The maximum absolute atomic E-state index is 12.2. The molecule has 28 heavy (non-hydrogen) atoms. The Balaban J connectivity index is 1.57. The second kappa shape index (κ2) is 8.68. The molecule has 3 rings (SSSR count). The predicted octanol–water partition coefficient (Wildman–Crippen LogP) is 4.79. The minimum Gasteiger partial charge on any atom is -0.486 e. The van der Waals surface area contributed by atoms with Gasteiger partial charge in [-0.3, -0.25) is 0 Å². The topological polar surface area (TPSA) is 80.9 Å². The van der Waals surface area contributed by atoms with Crippen LogP contribution in [-0.2, 0) is 16.6 Å². The van der Waals surface area contributed by atoms with Crippen LogP contribution in [0.3, 0.4) is 0 Å². The molecule has 1 aromatic heterocycles. The molecule has 0 aliphatic rings. The Hall–Kier alpha value is -2.48. The molecule has 6 nitrogen and oxygen atoms in total. The van der Waals surface area contributed by atoms with Crippen molar-refractivity contribution in [2.75, 3.05) is 0 Å². The number of furan rings is 1. The lowest BCUT2D eigenvalue weighted by molar-refractivity contribution is 0.270. The lowest BCUT2D eigenvalue weighted by Crippen LogP contribution is -2.18. The van der Waals surface area contributed by atoms with Gasteiger partial charge in [-0.2, -0.15) is 18.4 Å². The number of benzene rings is 2. The highest BCUT2D eigenvalue weighted by Gasteiger charge is 2.12. The molecule has 0 spiro atoms. The minimum absolute atomic E-state index is 0.130. The van der Waals surface area contributed by atoms with E-state index in [-0.39, 0.29) is 11.5 Å². The van der Waals surface area contributed by atoms with Crippen LogP contribution in [0.4, 0.5) is 0 Å². The average Bonchev–Trinajstić information content (AvgIpc) is 3.11. The molecule has 1 heterocycles. The van der Waals surface area contributed by atoms with Crippen LogP contribution in [0.1, 0.15) is 17.1 Å². The summed E-state index contributed by atoms with van der Waals surface area (Å²) in [5.41, 5.74) is 0.966. The molecule has 0 aliphatic carbocycles. The summed E-state index contributed by atoms with van der Waals surface area (Å²) in [6.07, 6.45) is 1.27. The molecule has 0 radical (unpaired) electrons. The first-order chi connectivity index (χ1) is 13.3. The second-order valence-corrected chi connectivity index (χ2v) is 8.31. The van der Waals surface area contributed by atoms with Crippen molar-refractivity contribution >= 4 is 39.4 Å². The Bertz CT molecular complexity index is 1090. The van der Waals surface area contributed by atoms with Gasteiger partial charge < -0.3 is 9.15 Å². The van der Waals surface area contributed by atoms with Gasteiger partial charge in [0.05, 0.1) is 21.2 Å². The molecule has 0 aliphatic heterocycles. The van der Waals surface area contributed by atoms with Gasteiger partial charge in [0.15, 0.2) is 0 Å². The maximum atomic E-state index is 12.2. The lowest BCUT2D eigenvalue weighted by Gasteiger charge is -2.05. The first-order valence-corrected chi connectivity index (χ1v) is 10.4. The molecular formula is C19H16Cl2N2O4S. The molecule has 0 unspecified atom stereocenters. The number of hydrazone groups is 1. The van der Waals surface area contributed by atoms with Crippen LogP contribution in [0.5, 0.6) is 5.75 Å². The Morgan fingerprint density at radius 2 is 1.82 bits per heavy atom. The van der Waals surface area contributed by atoms with Crippen molar-refractivity contribution in [3.63, 3.8) is 0 Å². The molecule has 146 valence electrons. The van der Waals surface area contributed by atoms with Gasteiger partial charge in [0.2, 0.25) is 0 Å². The highest BCUT2D eigenvalue weighted by atomic mass is 35.5. The zero-order valence-corrected chi connectivity index (χ0v) is 17.1. The highest BCUT2D eigenvalue weighted by Crippen LogP contribution is 2.26. The monoisotopic (exact) mass is 438 g/mol. The Kier molecular flexibility index (Phi) is 6.28. The first kappa shape index (κ1) is 20.3. The van der Waals surface area contributed by atoms with E-state index in [2.05, 4.69) is 9.93 Å². The van der Waals surface area contributed by atoms with Gasteiger partial charge in [0.25, 0.3) is 10.0 Å². The van der Waals surface area contributed by atoms with E-state index in [0.717, 1.165) is 5.56 Å². The van der Waals surface area contributed by atoms with Gasteiger partial charge in [-0.15, -0.1) is 0 Å². The summed E-state index contributed by atoms with van der Waals surface area (Å²) in [7, 11) is -3.73. The summed E-state index contributed by atoms with van der Waals surface area (Å²) in [6.45, 7) is 2.04. The highest BCUT2D eigenvalue weighted by molar-refractivity contribution is 7.89. The summed E-state index contributed by atoms with van der Waals surface area (Å²) in [5.74, 6) is 1.46. The lowest BCUT2D eigenvalue weighted by atomic mass is 10.2. The third kappa shape index (κ3) is 5.28. The number of hydrogen-bond acceptors (Lipinski definition) is 5. The largest absolute Gasteiger partial charge is 0.486 e. The van der Waals surface area contributed by atoms with Crippen LogP contribution in [0.2, 0.25) is 10.0 Å². The molecule has 1 N–H and O–H groups in total. The number of rotatable bonds is 7. The average molecular weight is 439 g/mol. The maximum Gasteiger partial charge on any atom is 0.276 e. The summed E-state index contributed by atoms with van der Waals surface area (Å²) in [6, 6.07) is 14.7. The van der Waals surface area contributed by atoms with E-state index in [1.54, 1.807) is 42.5 Å². The zero-order valence-electron chi connectivity index (χ0n) is 14.7. The first-order valence-electron chi connectivity index (χ1n) is 8.11. The molecule has 0 saturated heterocycles. The van der Waals surface area contributed by atoms with Crippen LogP contribution in [0, 0.1) is 6.92 Å². The van der Waals surface area contributed by atoms with Gasteiger partial charge in [0, 0.05) is 6.07 Å². The standard InChI is InChI=1S/C19H16Cl2N2O4S/c1-13-2-7-17(8-3-13)28(24,25)23-22-11-15-4-5-16(27-15)12-26-14-6-9-18(20)19(21)10-14/h2-11,23H,12H2,1H3. The van der Waals surface area contributed by atoms with Gasteiger partial charge in [-0.05, 0) is 43.3 Å². The van der Waals surface area contributed by atoms with Crippen molar-refractivity contribution in [2.45, 2.75) is 18.4 Å². The molecule has 0 atom stereocenters. The number of ether oxygens (including phenoxy) is 1. The number of sulfonamides is 1. The molecule has 0 fully saturated rings. The van der Waals surface area contributed by atoms with Gasteiger partial charge in [0.1, 0.15) is 23.9 Å². The molecule has 2 aromatic carbocycles. The van der Waals surface area contributed by atoms with E-state index in [9.17, 15) is 8.42 Å². The second-order valence-electron chi connectivity index (χ2n) is 5.83. The minimum atomic E-state index is -3.73. The number of nitrogens with zero attached hydrogens (tertiary/aromatic N) is 1.